The van der Waals surface area contributed by atoms with E-state index in [0.717, 1.165) is 5.76 Å². The predicted octanol–water partition coefficient (Wildman–Crippen LogP) is 2.10. The maximum absolute atomic E-state index is 11.2. The molecule has 1 aliphatic carbocycles. The van der Waals surface area contributed by atoms with Gasteiger partial charge in [-0.25, -0.2) is 4.79 Å². The average molecular weight is 223 g/mol. The van der Waals surface area contributed by atoms with Crippen LogP contribution in [0.2, 0.25) is 0 Å². The Morgan fingerprint density at radius 1 is 1.50 bits per heavy atom. The highest BCUT2D eigenvalue weighted by atomic mass is 16.5. The molecule has 0 atom stereocenters. The van der Waals surface area contributed by atoms with Gasteiger partial charge in [0.1, 0.15) is 5.76 Å². The van der Waals surface area contributed by atoms with Crippen molar-refractivity contribution in [3.63, 3.8) is 0 Å². The number of carbonyl (C=O) groups is 1. The second-order valence-corrected chi connectivity index (χ2v) is 4.12. The second-order valence-electron chi connectivity index (χ2n) is 4.12. The van der Waals surface area contributed by atoms with Crippen LogP contribution in [0, 0.1) is 0 Å². The highest BCUT2D eigenvalue weighted by Crippen LogP contribution is 2.18. The van der Waals surface area contributed by atoms with Crippen LogP contribution in [-0.2, 0) is 11.3 Å². The Morgan fingerprint density at radius 2 is 2.25 bits per heavy atom. The largest absolute Gasteiger partial charge is 0.463 e. The van der Waals surface area contributed by atoms with Gasteiger partial charge in [-0.15, -0.1) is 0 Å². The lowest BCUT2D eigenvalue weighted by Crippen LogP contribution is -2.24. The number of esters is 1. The number of hydrogen-bond acceptors (Lipinski definition) is 4. The molecule has 0 amide bonds. The Balaban J connectivity index is 1.85. The van der Waals surface area contributed by atoms with Crippen LogP contribution in [-0.4, -0.2) is 19.1 Å². The van der Waals surface area contributed by atoms with Crippen molar-refractivity contribution in [1.82, 2.24) is 5.32 Å². The van der Waals surface area contributed by atoms with E-state index in [1.54, 1.807) is 6.07 Å². The minimum absolute atomic E-state index is 0.269. The molecule has 0 spiro atoms. The Kier molecular flexibility index (Phi) is 3.62. The molecule has 1 aromatic rings. The van der Waals surface area contributed by atoms with Gasteiger partial charge in [0.2, 0.25) is 5.76 Å². The molecule has 16 heavy (non-hydrogen) atoms. The van der Waals surface area contributed by atoms with Crippen molar-refractivity contribution in [2.45, 2.75) is 38.3 Å². The summed E-state index contributed by atoms with van der Waals surface area (Å²) in [6.45, 7) is 0.682. The Bertz CT molecular complexity index is 353. The smallest absolute Gasteiger partial charge is 0.373 e. The molecule has 4 heteroatoms. The van der Waals surface area contributed by atoms with Gasteiger partial charge in [-0.1, -0.05) is 12.8 Å². The van der Waals surface area contributed by atoms with E-state index in [2.05, 4.69) is 10.1 Å². The van der Waals surface area contributed by atoms with Gasteiger partial charge < -0.3 is 14.5 Å². The fraction of sp³-hybridized carbons (Fsp3) is 0.583. The van der Waals surface area contributed by atoms with Crippen LogP contribution >= 0.6 is 0 Å². The maximum Gasteiger partial charge on any atom is 0.373 e. The van der Waals surface area contributed by atoms with Gasteiger partial charge >= 0.3 is 5.97 Å². The van der Waals surface area contributed by atoms with Gasteiger partial charge in [-0.3, -0.25) is 0 Å². The molecule has 88 valence electrons. The van der Waals surface area contributed by atoms with E-state index in [0.29, 0.717) is 12.6 Å². The summed E-state index contributed by atoms with van der Waals surface area (Å²) in [5.74, 6) is 0.630. The first kappa shape index (κ1) is 11.2. The van der Waals surface area contributed by atoms with Gasteiger partial charge in [-0.2, -0.15) is 0 Å². The monoisotopic (exact) mass is 223 g/mol. The SMILES string of the molecule is COC(=O)c1ccc(CNC2CCCC2)o1. The third-order valence-electron chi connectivity index (χ3n) is 2.97. The van der Waals surface area contributed by atoms with Crippen LogP contribution in [0.3, 0.4) is 0 Å². The van der Waals surface area contributed by atoms with Crippen molar-refractivity contribution in [2.75, 3.05) is 7.11 Å². The topological polar surface area (TPSA) is 51.5 Å². The molecule has 0 unspecified atom stereocenters. The van der Waals surface area contributed by atoms with E-state index < -0.39 is 5.97 Å². The first-order chi connectivity index (χ1) is 7.79. The van der Waals surface area contributed by atoms with E-state index >= 15 is 0 Å². The van der Waals surface area contributed by atoms with Crippen molar-refractivity contribution in [3.8, 4) is 0 Å². The van der Waals surface area contributed by atoms with Gasteiger partial charge in [0.25, 0.3) is 0 Å². The minimum atomic E-state index is -0.424. The Morgan fingerprint density at radius 3 is 2.94 bits per heavy atom. The van der Waals surface area contributed by atoms with Crippen LogP contribution in [0.5, 0.6) is 0 Å². The average Bonchev–Trinajstić information content (AvgIpc) is 2.96. The Labute approximate surface area is 95.0 Å². The lowest BCUT2D eigenvalue weighted by molar-refractivity contribution is 0.0563. The molecular formula is C12H17NO3. The fourth-order valence-electron chi connectivity index (χ4n) is 2.06. The molecule has 0 bridgehead atoms. The third kappa shape index (κ3) is 2.64. The van der Waals surface area contributed by atoms with Gasteiger partial charge in [0.05, 0.1) is 13.7 Å². The zero-order valence-electron chi connectivity index (χ0n) is 9.49. The molecule has 0 saturated heterocycles. The van der Waals surface area contributed by atoms with Crippen LogP contribution in [0.15, 0.2) is 16.5 Å². The number of carbonyl (C=O) groups excluding carboxylic acids is 1. The number of nitrogens with one attached hydrogen (secondary N) is 1. The lowest BCUT2D eigenvalue weighted by Gasteiger charge is -2.09. The van der Waals surface area contributed by atoms with Crippen LogP contribution in [0.25, 0.3) is 0 Å². The Hall–Kier alpha value is -1.29. The molecule has 2 rings (SSSR count). The number of rotatable bonds is 4. The fourth-order valence-corrected chi connectivity index (χ4v) is 2.06. The first-order valence-corrected chi connectivity index (χ1v) is 5.70. The van der Waals surface area contributed by atoms with E-state index in [1.165, 1.54) is 32.8 Å². The summed E-state index contributed by atoms with van der Waals surface area (Å²) in [5, 5.41) is 3.42. The van der Waals surface area contributed by atoms with Crippen molar-refractivity contribution in [1.29, 1.82) is 0 Å². The second kappa shape index (κ2) is 5.16. The number of furan rings is 1. The number of ether oxygens (including phenoxy) is 1. The highest BCUT2D eigenvalue weighted by Gasteiger charge is 2.15. The van der Waals surface area contributed by atoms with E-state index in [4.69, 9.17) is 4.42 Å². The number of hydrogen-bond donors (Lipinski definition) is 1. The van der Waals surface area contributed by atoms with Crippen molar-refractivity contribution in [2.24, 2.45) is 0 Å². The summed E-state index contributed by atoms with van der Waals surface area (Å²) in [4.78, 5) is 11.2. The summed E-state index contributed by atoms with van der Waals surface area (Å²) in [7, 11) is 1.35. The minimum Gasteiger partial charge on any atom is -0.463 e. The molecule has 1 aromatic heterocycles. The van der Waals surface area contributed by atoms with Crippen LogP contribution in [0.1, 0.15) is 42.0 Å². The lowest BCUT2D eigenvalue weighted by atomic mass is 10.2. The predicted molar refractivity (Wildman–Crippen MR) is 59.1 cm³/mol. The highest BCUT2D eigenvalue weighted by molar-refractivity contribution is 5.86. The first-order valence-electron chi connectivity index (χ1n) is 5.70. The maximum atomic E-state index is 11.2. The summed E-state index contributed by atoms with van der Waals surface area (Å²) in [6.07, 6.45) is 5.10. The molecule has 0 radical (unpaired) electrons. The molecule has 1 saturated carbocycles. The third-order valence-corrected chi connectivity index (χ3v) is 2.97. The van der Waals surface area contributed by atoms with E-state index in [9.17, 15) is 4.79 Å². The quantitative estimate of drug-likeness (QED) is 0.794. The van der Waals surface area contributed by atoms with Crippen molar-refractivity contribution in [3.05, 3.63) is 23.7 Å². The molecule has 1 aliphatic rings. The normalized spacial score (nSPS) is 16.6. The van der Waals surface area contributed by atoms with Crippen LogP contribution < -0.4 is 5.32 Å². The summed E-state index contributed by atoms with van der Waals surface area (Å²) < 4.78 is 9.93. The van der Waals surface area contributed by atoms with Gasteiger partial charge in [-0.05, 0) is 25.0 Å². The van der Waals surface area contributed by atoms with Gasteiger partial charge in [0.15, 0.2) is 0 Å². The standard InChI is InChI=1S/C12H17NO3/c1-15-12(14)11-7-6-10(16-11)8-13-9-4-2-3-5-9/h6-7,9,13H,2-5,8H2,1H3. The van der Waals surface area contributed by atoms with E-state index in [-0.39, 0.29) is 5.76 Å². The summed E-state index contributed by atoms with van der Waals surface area (Å²) >= 11 is 0. The van der Waals surface area contributed by atoms with Gasteiger partial charge in [0, 0.05) is 6.04 Å². The molecule has 0 aliphatic heterocycles. The summed E-state index contributed by atoms with van der Waals surface area (Å²) in [6, 6.07) is 4.07. The number of methoxy groups -OCH3 is 1. The zero-order valence-corrected chi connectivity index (χ0v) is 9.49. The summed E-state index contributed by atoms with van der Waals surface area (Å²) in [5.41, 5.74) is 0. The van der Waals surface area contributed by atoms with E-state index in [1.807, 2.05) is 6.07 Å². The van der Waals surface area contributed by atoms with Crippen molar-refractivity contribution >= 4 is 5.97 Å². The van der Waals surface area contributed by atoms with Crippen molar-refractivity contribution < 1.29 is 13.9 Å². The van der Waals surface area contributed by atoms with Crippen LogP contribution in [0.4, 0.5) is 0 Å². The molecule has 1 fully saturated rings. The molecule has 1 heterocycles. The molecular weight excluding hydrogens is 206 g/mol. The molecule has 1 N–H and O–H groups in total. The molecule has 0 aromatic carbocycles. The zero-order chi connectivity index (χ0) is 11.4. The molecule has 4 nitrogen and oxygen atoms in total.